The fourth-order valence-electron chi connectivity index (χ4n) is 2.30. The van der Waals surface area contributed by atoms with Crippen molar-refractivity contribution in [3.63, 3.8) is 0 Å². The van der Waals surface area contributed by atoms with E-state index in [1.165, 1.54) is 12.1 Å². The fraction of sp³-hybridized carbons (Fsp3) is 0.278. The molecular formula is C18H21FN2O2. The van der Waals surface area contributed by atoms with Crippen LogP contribution in [0.3, 0.4) is 0 Å². The van der Waals surface area contributed by atoms with Crippen LogP contribution >= 0.6 is 0 Å². The number of benzene rings is 2. The van der Waals surface area contributed by atoms with E-state index in [2.05, 4.69) is 5.32 Å². The molecule has 122 valence electrons. The first kappa shape index (κ1) is 17.1. The summed E-state index contributed by atoms with van der Waals surface area (Å²) in [7, 11) is 1.55. The molecular weight excluding hydrogens is 295 g/mol. The number of carbonyl (C=O) groups is 1. The number of hydrogen-bond acceptors (Lipinski definition) is 3. The van der Waals surface area contributed by atoms with E-state index in [1.54, 1.807) is 19.2 Å². The van der Waals surface area contributed by atoms with Gasteiger partial charge >= 0.3 is 0 Å². The van der Waals surface area contributed by atoms with Gasteiger partial charge in [-0.15, -0.1) is 0 Å². The summed E-state index contributed by atoms with van der Waals surface area (Å²) in [6, 6.07) is 15.0. The molecule has 0 aliphatic carbocycles. The summed E-state index contributed by atoms with van der Waals surface area (Å²) in [4.78, 5) is 12.1. The second-order valence-corrected chi connectivity index (χ2v) is 5.32. The molecule has 3 N–H and O–H groups in total. The summed E-state index contributed by atoms with van der Waals surface area (Å²) >= 11 is 0. The minimum Gasteiger partial charge on any atom is -0.375 e. The number of ether oxygens (including phenoxy) is 1. The van der Waals surface area contributed by atoms with Crippen molar-refractivity contribution in [1.82, 2.24) is 5.32 Å². The van der Waals surface area contributed by atoms with Crippen molar-refractivity contribution in [3.05, 3.63) is 71.5 Å². The van der Waals surface area contributed by atoms with Gasteiger partial charge in [-0.1, -0.05) is 42.5 Å². The number of rotatable bonds is 7. The van der Waals surface area contributed by atoms with E-state index in [1.807, 2.05) is 30.3 Å². The Bertz CT molecular complexity index is 617. The largest absolute Gasteiger partial charge is 0.375 e. The third kappa shape index (κ3) is 5.16. The monoisotopic (exact) mass is 316 g/mol. The molecule has 0 heterocycles. The molecule has 2 atom stereocenters. The molecule has 0 aliphatic rings. The molecule has 0 fully saturated rings. The normalized spacial score (nSPS) is 13.3. The lowest BCUT2D eigenvalue weighted by Gasteiger charge is -2.18. The Labute approximate surface area is 135 Å². The Morgan fingerprint density at radius 2 is 1.83 bits per heavy atom. The fourth-order valence-corrected chi connectivity index (χ4v) is 2.30. The van der Waals surface area contributed by atoms with E-state index in [9.17, 15) is 9.18 Å². The maximum Gasteiger partial charge on any atom is 0.237 e. The van der Waals surface area contributed by atoms with E-state index in [-0.39, 0.29) is 24.4 Å². The van der Waals surface area contributed by atoms with Crippen LogP contribution in [0.1, 0.15) is 17.2 Å². The highest BCUT2D eigenvalue weighted by Gasteiger charge is 2.17. The van der Waals surface area contributed by atoms with Crippen LogP contribution in [0, 0.1) is 5.82 Å². The van der Waals surface area contributed by atoms with Crippen LogP contribution in [0.15, 0.2) is 54.6 Å². The molecule has 0 aliphatic heterocycles. The SMILES string of the molecule is COC(CNC(=O)[C@@H](N)Cc1ccccc1)c1ccc(F)cc1. The molecule has 0 saturated carbocycles. The van der Waals surface area contributed by atoms with Gasteiger partial charge in [0, 0.05) is 13.7 Å². The highest BCUT2D eigenvalue weighted by molar-refractivity contribution is 5.81. The van der Waals surface area contributed by atoms with E-state index < -0.39 is 6.04 Å². The second kappa shape index (κ2) is 8.41. The Hall–Kier alpha value is -2.24. The minimum absolute atomic E-state index is 0.238. The lowest BCUT2D eigenvalue weighted by Crippen LogP contribution is -2.43. The predicted octanol–water partition coefficient (Wildman–Crippen LogP) is 2.20. The van der Waals surface area contributed by atoms with Gasteiger partial charge in [0.05, 0.1) is 12.1 Å². The average Bonchev–Trinajstić information content (AvgIpc) is 2.57. The molecule has 0 saturated heterocycles. The second-order valence-electron chi connectivity index (χ2n) is 5.32. The Balaban J connectivity index is 1.87. The lowest BCUT2D eigenvalue weighted by molar-refractivity contribution is -0.122. The number of halogens is 1. The Morgan fingerprint density at radius 1 is 1.17 bits per heavy atom. The summed E-state index contributed by atoms with van der Waals surface area (Å²) in [6.07, 6.45) is 0.129. The Morgan fingerprint density at radius 3 is 2.43 bits per heavy atom. The highest BCUT2D eigenvalue weighted by atomic mass is 19.1. The number of nitrogens with two attached hydrogens (primary N) is 1. The standard InChI is InChI=1S/C18H21FN2O2/c1-23-17(14-7-9-15(19)10-8-14)12-21-18(22)16(20)11-13-5-3-2-4-6-13/h2-10,16-17H,11-12,20H2,1H3,(H,21,22)/t16-,17?/m0/s1. The summed E-state index contributed by atoms with van der Waals surface area (Å²) in [5.41, 5.74) is 7.74. The topological polar surface area (TPSA) is 64.3 Å². The maximum absolute atomic E-state index is 13.0. The molecule has 5 heteroatoms. The first-order valence-electron chi connectivity index (χ1n) is 7.45. The molecule has 2 aromatic carbocycles. The maximum atomic E-state index is 13.0. The van der Waals surface area contributed by atoms with Crippen LogP contribution in [0.4, 0.5) is 4.39 Å². The summed E-state index contributed by atoms with van der Waals surface area (Å²) in [6.45, 7) is 0.281. The number of methoxy groups -OCH3 is 1. The van der Waals surface area contributed by atoms with E-state index in [0.29, 0.717) is 6.42 Å². The van der Waals surface area contributed by atoms with E-state index in [4.69, 9.17) is 10.5 Å². The zero-order valence-electron chi connectivity index (χ0n) is 13.0. The van der Waals surface area contributed by atoms with Crippen LogP contribution in [-0.4, -0.2) is 25.6 Å². The van der Waals surface area contributed by atoms with Crippen LogP contribution < -0.4 is 11.1 Å². The molecule has 2 aromatic rings. The quantitative estimate of drug-likeness (QED) is 0.823. The van der Waals surface area contributed by atoms with Gasteiger partial charge in [0.1, 0.15) is 5.82 Å². The van der Waals surface area contributed by atoms with Gasteiger partial charge in [-0.05, 0) is 29.7 Å². The molecule has 4 nitrogen and oxygen atoms in total. The number of amides is 1. The first-order chi connectivity index (χ1) is 11.1. The van der Waals surface area contributed by atoms with Gasteiger partial charge < -0.3 is 15.8 Å². The molecule has 2 rings (SSSR count). The van der Waals surface area contributed by atoms with E-state index in [0.717, 1.165) is 11.1 Å². The molecule has 0 radical (unpaired) electrons. The number of hydrogen-bond donors (Lipinski definition) is 2. The molecule has 0 spiro atoms. The van der Waals surface area contributed by atoms with Crippen molar-refractivity contribution < 1.29 is 13.9 Å². The van der Waals surface area contributed by atoms with Crippen molar-refractivity contribution in [1.29, 1.82) is 0 Å². The predicted molar refractivity (Wildman–Crippen MR) is 87.3 cm³/mol. The minimum atomic E-state index is -0.622. The lowest BCUT2D eigenvalue weighted by atomic mass is 10.1. The van der Waals surface area contributed by atoms with Crippen molar-refractivity contribution in [2.75, 3.05) is 13.7 Å². The summed E-state index contributed by atoms with van der Waals surface area (Å²) < 4.78 is 18.3. The third-order valence-electron chi connectivity index (χ3n) is 3.62. The van der Waals surface area contributed by atoms with Crippen LogP contribution in [0.2, 0.25) is 0 Å². The summed E-state index contributed by atoms with van der Waals surface area (Å²) in [5.74, 6) is -0.546. The highest BCUT2D eigenvalue weighted by Crippen LogP contribution is 2.16. The molecule has 23 heavy (non-hydrogen) atoms. The molecule has 1 amide bonds. The van der Waals surface area contributed by atoms with Gasteiger partial charge in [-0.25, -0.2) is 4.39 Å². The van der Waals surface area contributed by atoms with Gasteiger partial charge in [-0.3, -0.25) is 4.79 Å². The third-order valence-corrected chi connectivity index (χ3v) is 3.62. The van der Waals surface area contributed by atoms with Crippen LogP contribution in [0.5, 0.6) is 0 Å². The average molecular weight is 316 g/mol. The van der Waals surface area contributed by atoms with Crippen molar-refractivity contribution >= 4 is 5.91 Å². The zero-order valence-corrected chi connectivity index (χ0v) is 13.0. The number of nitrogens with one attached hydrogen (secondary N) is 1. The number of carbonyl (C=O) groups excluding carboxylic acids is 1. The van der Waals surface area contributed by atoms with Gasteiger partial charge in [-0.2, -0.15) is 0 Å². The van der Waals surface area contributed by atoms with Crippen LogP contribution in [-0.2, 0) is 16.0 Å². The van der Waals surface area contributed by atoms with E-state index >= 15 is 0 Å². The molecule has 0 aromatic heterocycles. The summed E-state index contributed by atoms with van der Waals surface area (Å²) in [5, 5.41) is 2.78. The molecule has 0 bridgehead atoms. The zero-order chi connectivity index (χ0) is 16.7. The first-order valence-corrected chi connectivity index (χ1v) is 7.45. The van der Waals surface area contributed by atoms with Crippen molar-refractivity contribution in [2.45, 2.75) is 18.6 Å². The van der Waals surface area contributed by atoms with Crippen molar-refractivity contribution in [2.24, 2.45) is 5.73 Å². The molecule has 1 unspecified atom stereocenters. The van der Waals surface area contributed by atoms with Gasteiger partial charge in [0.2, 0.25) is 5.91 Å². The smallest absolute Gasteiger partial charge is 0.237 e. The Kier molecular flexibility index (Phi) is 6.26. The van der Waals surface area contributed by atoms with Crippen molar-refractivity contribution in [3.8, 4) is 0 Å². The van der Waals surface area contributed by atoms with Gasteiger partial charge in [0.25, 0.3) is 0 Å². The van der Waals surface area contributed by atoms with Gasteiger partial charge in [0.15, 0.2) is 0 Å². The van der Waals surface area contributed by atoms with Crippen LogP contribution in [0.25, 0.3) is 0 Å².